The molecule has 0 radical (unpaired) electrons. The fraction of sp³-hybridized carbons (Fsp3) is 0.250. The van der Waals surface area contributed by atoms with Gasteiger partial charge in [0.25, 0.3) is 11.8 Å². The van der Waals surface area contributed by atoms with Gasteiger partial charge in [-0.25, -0.2) is 0 Å². The number of carbonyl (C=O) groups is 2. The van der Waals surface area contributed by atoms with Crippen LogP contribution < -0.4 is 30.4 Å². The van der Waals surface area contributed by atoms with E-state index in [1.165, 1.54) is 20.3 Å². The highest BCUT2D eigenvalue weighted by Crippen LogP contribution is 2.27. The van der Waals surface area contributed by atoms with Gasteiger partial charge in [0.1, 0.15) is 12.4 Å². The standard InChI is InChI=1S/C20H22BrN3O6S/c1-27-8-9-30-15-6-4-12(10-14(15)21)18(25)22-20(31)24-23-19(26)13-5-7-16(28-2)17(11-13)29-3/h4-7,10-11H,8-9H2,1-3H3,(H,23,26)(H2,22,24,25,31). The molecule has 0 bridgehead atoms. The number of methoxy groups -OCH3 is 3. The Kier molecular flexibility index (Phi) is 9.50. The summed E-state index contributed by atoms with van der Waals surface area (Å²) in [7, 11) is 4.55. The van der Waals surface area contributed by atoms with Crippen LogP contribution >= 0.6 is 28.1 Å². The van der Waals surface area contributed by atoms with E-state index in [1.54, 1.807) is 37.4 Å². The van der Waals surface area contributed by atoms with Crippen molar-refractivity contribution < 1.29 is 28.5 Å². The fourth-order valence-corrected chi connectivity index (χ4v) is 3.00. The lowest BCUT2D eigenvalue weighted by atomic mass is 10.2. The average molecular weight is 512 g/mol. The topological polar surface area (TPSA) is 107 Å². The maximum absolute atomic E-state index is 12.4. The minimum Gasteiger partial charge on any atom is -0.493 e. The van der Waals surface area contributed by atoms with Gasteiger partial charge in [0, 0.05) is 18.2 Å². The van der Waals surface area contributed by atoms with Gasteiger partial charge in [-0.1, -0.05) is 0 Å². The highest BCUT2D eigenvalue weighted by atomic mass is 79.9. The van der Waals surface area contributed by atoms with Crippen LogP contribution in [0.15, 0.2) is 40.9 Å². The third-order valence-electron chi connectivity index (χ3n) is 3.90. The molecule has 0 saturated carbocycles. The van der Waals surface area contributed by atoms with Gasteiger partial charge < -0.3 is 18.9 Å². The quantitative estimate of drug-likeness (QED) is 0.282. The Morgan fingerprint density at radius 3 is 2.13 bits per heavy atom. The van der Waals surface area contributed by atoms with E-state index in [2.05, 4.69) is 32.1 Å². The second-order valence-electron chi connectivity index (χ2n) is 5.92. The molecule has 3 N–H and O–H groups in total. The number of rotatable bonds is 8. The molecule has 2 rings (SSSR count). The zero-order chi connectivity index (χ0) is 22.8. The van der Waals surface area contributed by atoms with Crippen molar-refractivity contribution in [3.63, 3.8) is 0 Å². The first-order valence-corrected chi connectivity index (χ1v) is 10.1. The molecule has 0 heterocycles. The van der Waals surface area contributed by atoms with Gasteiger partial charge in [0.2, 0.25) is 0 Å². The van der Waals surface area contributed by atoms with Gasteiger partial charge in [0.05, 0.1) is 25.3 Å². The summed E-state index contributed by atoms with van der Waals surface area (Å²) in [4.78, 5) is 24.7. The lowest BCUT2D eigenvalue weighted by Gasteiger charge is -2.13. The van der Waals surface area contributed by atoms with Crippen molar-refractivity contribution in [2.24, 2.45) is 0 Å². The number of hydrogen-bond acceptors (Lipinski definition) is 7. The van der Waals surface area contributed by atoms with Gasteiger partial charge >= 0.3 is 0 Å². The summed E-state index contributed by atoms with van der Waals surface area (Å²) < 4.78 is 21.4. The molecule has 0 atom stereocenters. The summed E-state index contributed by atoms with van der Waals surface area (Å²) in [6.07, 6.45) is 0. The number of halogens is 1. The van der Waals surface area contributed by atoms with Crippen LogP contribution in [0.1, 0.15) is 20.7 Å². The van der Waals surface area contributed by atoms with Crippen LogP contribution in [0.2, 0.25) is 0 Å². The van der Waals surface area contributed by atoms with Gasteiger partial charge in [0.15, 0.2) is 16.6 Å². The molecule has 9 nitrogen and oxygen atoms in total. The summed E-state index contributed by atoms with van der Waals surface area (Å²) in [6, 6.07) is 9.53. The van der Waals surface area contributed by atoms with E-state index in [0.29, 0.717) is 46.1 Å². The third-order valence-corrected chi connectivity index (χ3v) is 4.73. The van der Waals surface area contributed by atoms with Gasteiger partial charge in [-0.2, -0.15) is 0 Å². The molecule has 0 spiro atoms. The molecular formula is C20H22BrN3O6S. The van der Waals surface area contributed by atoms with E-state index in [9.17, 15) is 9.59 Å². The molecule has 0 saturated heterocycles. The van der Waals surface area contributed by atoms with Crippen molar-refractivity contribution in [2.45, 2.75) is 0 Å². The number of hydrogen-bond donors (Lipinski definition) is 3. The second kappa shape index (κ2) is 12.1. The largest absolute Gasteiger partial charge is 0.493 e. The van der Waals surface area contributed by atoms with Crippen LogP contribution in [0.3, 0.4) is 0 Å². The number of benzene rings is 2. The van der Waals surface area contributed by atoms with Crippen molar-refractivity contribution >= 4 is 45.1 Å². The Labute approximate surface area is 193 Å². The Bertz CT molecular complexity index is 957. The summed E-state index contributed by atoms with van der Waals surface area (Å²) in [5.41, 5.74) is 5.56. The Hall–Kier alpha value is -2.89. The van der Waals surface area contributed by atoms with Crippen molar-refractivity contribution in [3.05, 3.63) is 52.0 Å². The first-order chi connectivity index (χ1) is 14.9. The zero-order valence-corrected chi connectivity index (χ0v) is 19.5. The van der Waals surface area contributed by atoms with Crippen LogP contribution in [0, 0.1) is 0 Å². The first kappa shape index (κ1) is 24.4. The minimum absolute atomic E-state index is 0.0737. The van der Waals surface area contributed by atoms with E-state index in [4.69, 9.17) is 31.2 Å². The predicted molar refractivity (Wildman–Crippen MR) is 122 cm³/mol. The molecular weight excluding hydrogens is 490 g/mol. The third kappa shape index (κ3) is 7.09. The van der Waals surface area contributed by atoms with E-state index in [0.717, 1.165) is 0 Å². The number of amides is 2. The van der Waals surface area contributed by atoms with Gasteiger partial charge in [-0.15, -0.1) is 0 Å². The van der Waals surface area contributed by atoms with E-state index in [-0.39, 0.29) is 5.11 Å². The second-order valence-corrected chi connectivity index (χ2v) is 7.18. The van der Waals surface area contributed by atoms with Gasteiger partial charge in [-0.05, 0) is 64.5 Å². The molecule has 2 amide bonds. The molecule has 0 unspecified atom stereocenters. The average Bonchev–Trinajstić information content (AvgIpc) is 2.77. The van der Waals surface area contributed by atoms with Crippen molar-refractivity contribution in [3.8, 4) is 17.2 Å². The Morgan fingerprint density at radius 2 is 1.52 bits per heavy atom. The molecule has 2 aromatic carbocycles. The van der Waals surface area contributed by atoms with E-state index < -0.39 is 11.8 Å². The van der Waals surface area contributed by atoms with Crippen LogP contribution in [-0.4, -0.2) is 51.5 Å². The molecule has 0 aromatic heterocycles. The maximum atomic E-state index is 12.4. The molecule has 0 aliphatic heterocycles. The number of nitrogens with one attached hydrogen (secondary N) is 3. The molecule has 31 heavy (non-hydrogen) atoms. The molecule has 0 aliphatic rings. The summed E-state index contributed by atoms with van der Waals surface area (Å²) in [5.74, 6) is 0.554. The molecule has 2 aromatic rings. The normalized spacial score (nSPS) is 10.1. The fourth-order valence-electron chi connectivity index (χ4n) is 2.36. The Balaban J connectivity index is 1.90. The highest BCUT2D eigenvalue weighted by molar-refractivity contribution is 9.10. The summed E-state index contributed by atoms with van der Waals surface area (Å²) in [6.45, 7) is 0.831. The predicted octanol–water partition coefficient (Wildman–Crippen LogP) is 2.44. The zero-order valence-electron chi connectivity index (χ0n) is 17.1. The van der Waals surface area contributed by atoms with Crippen LogP contribution in [0.5, 0.6) is 17.2 Å². The minimum atomic E-state index is -0.474. The Morgan fingerprint density at radius 1 is 0.871 bits per heavy atom. The highest BCUT2D eigenvalue weighted by Gasteiger charge is 2.13. The van der Waals surface area contributed by atoms with E-state index in [1.807, 2.05) is 0 Å². The van der Waals surface area contributed by atoms with Crippen LogP contribution in [0.4, 0.5) is 0 Å². The number of carbonyl (C=O) groups excluding carboxylic acids is 2. The summed E-state index contributed by atoms with van der Waals surface area (Å²) >= 11 is 8.42. The monoisotopic (exact) mass is 511 g/mol. The maximum Gasteiger partial charge on any atom is 0.269 e. The SMILES string of the molecule is COCCOc1ccc(C(=O)NC(=S)NNC(=O)c2ccc(OC)c(OC)c2)cc1Br. The lowest BCUT2D eigenvalue weighted by molar-refractivity contribution is 0.0934. The lowest BCUT2D eigenvalue weighted by Crippen LogP contribution is -2.48. The van der Waals surface area contributed by atoms with Crippen molar-refractivity contribution in [2.75, 3.05) is 34.5 Å². The number of ether oxygens (including phenoxy) is 4. The molecule has 11 heteroatoms. The van der Waals surface area contributed by atoms with Gasteiger partial charge in [-0.3, -0.25) is 25.8 Å². The molecule has 0 aliphatic carbocycles. The van der Waals surface area contributed by atoms with Crippen LogP contribution in [0.25, 0.3) is 0 Å². The number of thiocarbonyl (C=S) groups is 1. The molecule has 0 fully saturated rings. The van der Waals surface area contributed by atoms with Crippen LogP contribution in [-0.2, 0) is 4.74 Å². The first-order valence-electron chi connectivity index (χ1n) is 8.94. The van der Waals surface area contributed by atoms with Crippen molar-refractivity contribution in [1.82, 2.24) is 16.2 Å². The summed E-state index contributed by atoms with van der Waals surface area (Å²) in [5, 5.41) is 2.41. The molecule has 166 valence electrons. The number of hydrazine groups is 1. The van der Waals surface area contributed by atoms with Crippen molar-refractivity contribution in [1.29, 1.82) is 0 Å². The van der Waals surface area contributed by atoms with E-state index >= 15 is 0 Å². The smallest absolute Gasteiger partial charge is 0.269 e.